The van der Waals surface area contributed by atoms with Crippen molar-refractivity contribution in [3.63, 3.8) is 0 Å². The van der Waals surface area contributed by atoms with Crippen LogP contribution < -0.4 is 15.4 Å². The molecule has 0 spiro atoms. The quantitative estimate of drug-likeness (QED) is 0.387. The highest BCUT2D eigenvalue weighted by Crippen LogP contribution is 2.41. The first-order valence-electron chi connectivity index (χ1n) is 10.6. The highest BCUT2D eigenvalue weighted by Gasteiger charge is 2.28. The van der Waals surface area contributed by atoms with Gasteiger partial charge >= 0.3 is 0 Å². The van der Waals surface area contributed by atoms with Gasteiger partial charge in [0.15, 0.2) is 9.84 Å². The molecule has 174 valence electrons. The van der Waals surface area contributed by atoms with Gasteiger partial charge in [-0.05, 0) is 36.7 Å². The number of hydrogen-bond acceptors (Lipinski definition) is 9. The first-order valence-corrected chi connectivity index (χ1v) is 13.6. The van der Waals surface area contributed by atoms with E-state index in [1.54, 1.807) is 6.07 Å². The summed E-state index contributed by atoms with van der Waals surface area (Å²) < 4.78 is 31.2. The minimum atomic E-state index is -3.26. The van der Waals surface area contributed by atoms with E-state index >= 15 is 0 Å². The number of aryl methyl sites for hydroxylation is 1. The van der Waals surface area contributed by atoms with Gasteiger partial charge in [-0.25, -0.2) is 18.4 Å². The molecule has 0 unspecified atom stereocenters. The molecule has 2 aliphatic rings. The summed E-state index contributed by atoms with van der Waals surface area (Å²) in [5.74, 6) is 0.0914. The van der Waals surface area contributed by atoms with Crippen molar-refractivity contribution in [1.29, 1.82) is 0 Å². The van der Waals surface area contributed by atoms with Crippen LogP contribution in [0.1, 0.15) is 27.9 Å². The van der Waals surface area contributed by atoms with Crippen LogP contribution in [0.3, 0.4) is 0 Å². The van der Waals surface area contributed by atoms with E-state index in [2.05, 4.69) is 25.6 Å². The number of benzene rings is 1. The lowest BCUT2D eigenvalue weighted by molar-refractivity contribution is 0.0949. The Labute approximate surface area is 203 Å². The summed E-state index contributed by atoms with van der Waals surface area (Å²) in [4.78, 5) is 26.2. The summed E-state index contributed by atoms with van der Waals surface area (Å²) >= 11 is 7.50. The Bertz CT molecular complexity index is 1620. The molecule has 9 nitrogen and oxygen atoms in total. The van der Waals surface area contributed by atoms with Crippen LogP contribution in [0.15, 0.2) is 24.3 Å². The number of thiophene rings is 1. The monoisotopic (exact) mass is 515 g/mol. The lowest BCUT2D eigenvalue weighted by Gasteiger charge is -2.18. The van der Waals surface area contributed by atoms with E-state index in [9.17, 15) is 13.2 Å². The van der Waals surface area contributed by atoms with E-state index in [0.717, 1.165) is 21.2 Å². The zero-order valence-electron chi connectivity index (χ0n) is 17.9. The molecular weight excluding hydrogens is 498 g/mol. The normalized spacial score (nSPS) is 19.1. The van der Waals surface area contributed by atoms with Gasteiger partial charge in [-0.1, -0.05) is 0 Å². The highest BCUT2D eigenvalue weighted by molar-refractivity contribution is 7.90. The largest absolute Gasteiger partial charge is 0.420 e. The Morgan fingerprint density at radius 2 is 2.03 bits per heavy atom. The maximum atomic E-state index is 12.6. The van der Waals surface area contributed by atoms with Crippen molar-refractivity contribution in [1.82, 2.24) is 20.3 Å². The third-order valence-electron chi connectivity index (χ3n) is 5.91. The minimum Gasteiger partial charge on any atom is -0.420 e. The molecule has 0 fully saturated rings. The smallest absolute Gasteiger partial charge is 0.263 e. The summed E-state index contributed by atoms with van der Waals surface area (Å²) in [7, 11) is -3.26. The Balaban J connectivity index is 1.43. The van der Waals surface area contributed by atoms with Crippen molar-refractivity contribution in [3.8, 4) is 11.8 Å². The van der Waals surface area contributed by atoms with Crippen LogP contribution in [-0.2, 0) is 22.0 Å². The molecule has 0 bridgehead atoms. The molecule has 5 heterocycles. The number of carbonyl (C=O) groups excluding carboxylic acids is 1. The standard InChI is InChI=1S/C22H18ClN5O4S2/c1-10-8-24-18-17-11-2-5-16(26-13(11)3-4-15(17)33-19(18)20(29)25-10)32-21-12-9-34(30,31)7-6-14(12)27-22(23)28-21/h2-5,10,24H,6-9H2,1H3,(H,25,29)/t10-/m0/s1. The number of nitrogens with one attached hydrogen (secondary N) is 2. The van der Waals surface area contributed by atoms with Gasteiger partial charge in [0.25, 0.3) is 5.91 Å². The fourth-order valence-corrected chi connectivity index (χ4v) is 6.98. The van der Waals surface area contributed by atoms with E-state index in [-0.39, 0.29) is 46.9 Å². The summed E-state index contributed by atoms with van der Waals surface area (Å²) in [5.41, 5.74) is 2.48. The number of carbonyl (C=O) groups is 1. The number of ether oxygens (including phenoxy) is 1. The summed E-state index contributed by atoms with van der Waals surface area (Å²) in [6, 6.07) is 7.40. The van der Waals surface area contributed by atoms with E-state index < -0.39 is 9.84 Å². The maximum Gasteiger partial charge on any atom is 0.263 e. The minimum absolute atomic E-state index is 0.00455. The molecule has 3 aromatic heterocycles. The molecule has 12 heteroatoms. The topological polar surface area (TPSA) is 123 Å². The Morgan fingerprint density at radius 1 is 1.18 bits per heavy atom. The van der Waals surface area contributed by atoms with Crippen LogP contribution in [-0.4, -0.2) is 47.6 Å². The highest BCUT2D eigenvalue weighted by atomic mass is 35.5. The van der Waals surface area contributed by atoms with E-state index in [4.69, 9.17) is 16.3 Å². The van der Waals surface area contributed by atoms with Gasteiger partial charge in [0.1, 0.15) is 4.88 Å². The zero-order valence-corrected chi connectivity index (χ0v) is 20.3. The zero-order chi connectivity index (χ0) is 23.6. The summed E-state index contributed by atoms with van der Waals surface area (Å²) in [6.07, 6.45) is 0.266. The second-order valence-corrected chi connectivity index (χ2v) is 12.0. The van der Waals surface area contributed by atoms with E-state index in [1.807, 2.05) is 25.1 Å². The van der Waals surface area contributed by atoms with Crippen LogP contribution >= 0.6 is 22.9 Å². The second-order valence-electron chi connectivity index (χ2n) is 8.38. The summed E-state index contributed by atoms with van der Waals surface area (Å²) in [6.45, 7) is 2.58. The number of sulfone groups is 1. The van der Waals surface area contributed by atoms with Crippen molar-refractivity contribution in [3.05, 3.63) is 45.7 Å². The van der Waals surface area contributed by atoms with Crippen LogP contribution in [0, 0.1) is 0 Å². The van der Waals surface area contributed by atoms with Gasteiger partial charge in [0.2, 0.25) is 17.0 Å². The molecule has 4 aromatic rings. The number of anilines is 1. The van der Waals surface area contributed by atoms with Crippen LogP contribution in [0.25, 0.3) is 21.0 Å². The molecule has 1 aromatic carbocycles. The van der Waals surface area contributed by atoms with Crippen LogP contribution in [0.5, 0.6) is 11.8 Å². The average Bonchev–Trinajstić information content (AvgIpc) is 3.10. The third-order valence-corrected chi connectivity index (χ3v) is 8.79. The number of amides is 1. The molecule has 0 saturated heterocycles. The lowest BCUT2D eigenvalue weighted by Crippen LogP contribution is -2.34. The van der Waals surface area contributed by atoms with Crippen molar-refractivity contribution >= 4 is 65.4 Å². The molecular formula is C22H18ClN5O4S2. The molecule has 0 radical (unpaired) electrons. The maximum absolute atomic E-state index is 12.6. The van der Waals surface area contributed by atoms with Gasteiger partial charge < -0.3 is 15.4 Å². The van der Waals surface area contributed by atoms with Crippen molar-refractivity contribution in [2.24, 2.45) is 0 Å². The number of aromatic nitrogens is 3. The number of pyridine rings is 1. The lowest BCUT2D eigenvalue weighted by atomic mass is 10.1. The van der Waals surface area contributed by atoms with E-state index in [0.29, 0.717) is 28.2 Å². The molecule has 1 atom stereocenters. The van der Waals surface area contributed by atoms with Gasteiger partial charge in [0, 0.05) is 40.5 Å². The molecule has 0 saturated carbocycles. The molecule has 2 aliphatic heterocycles. The Morgan fingerprint density at radius 3 is 2.88 bits per heavy atom. The van der Waals surface area contributed by atoms with Gasteiger partial charge in [-0.3, -0.25) is 4.79 Å². The van der Waals surface area contributed by atoms with Crippen LogP contribution in [0.4, 0.5) is 5.69 Å². The van der Waals surface area contributed by atoms with Crippen LogP contribution in [0.2, 0.25) is 5.28 Å². The number of rotatable bonds is 2. The van der Waals surface area contributed by atoms with Gasteiger partial charge in [-0.15, -0.1) is 11.3 Å². The third kappa shape index (κ3) is 3.64. The molecule has 2 N–H and O–H groups in total. The predicted molar refractivity (Wildman–Crippen MR) is 131 cm³/mol. The molecule has 6 rings (SSSR count). The Hall–Kier alpha value is -3.02. The van der Waals surface area contributed by atoms with E-state index in [1.165, 1.54) is 11.3 Å². The first kappa shape index (κ1) is 21.5. The SMILES string of the molecule is C[C@H]1CNc2c(sc3ccc4nc(Oc5nc(Cl)nc6c5CS(=O)(=O)CC6)ccc4c23)C(=O)N1. The molecule has 34 heavy (non-hydrogen) atoms. The van der Waals surface area contributed by atoms with Crippen molar-refractivity contribution < 1.29 is 17.9 Å². The fraction of sp³-hybridized carbons (Fsp3) is 0.273. The number of halogens is 1. The van der Waals surface area contributed by atoms with Gasteiger partial charge in [0.05, 0.1) is 34.0 Å². The second kappa shape index (κ2) is 7.76. The average molecular weight is 516 g/mol. The summed E-state index contributed by atoms with van der Waals surface area (Å²) in [5, 5.41) is 8.20. The Kier molecular flexibility index (Phi) is 4.91. The molecule has 1 amide bonds. The predicted octanol–water partition coefficient (Wildman–Crippen LogP) is 3.70. The molecule has 0 aliphatic carbocycles. The number of hydrogen-bond donors (Lipinski definition) is 2. The van der Waals surface area contributed by atoms with Crippen molar-refractivity contribution in [2.45, 2.75) is 25.1 Å². The van der Waals surface area contributed by atoms with Gasteiger partial charge in [-0.2, -0.15) is 4.98 Å². The number of fused-ring (bicyclic) bond motifs is 6. The fourth-order valence-electron chi connectivity index (χ4n) is 4.32. The first-order chi connectivity index (χ1) is 16.3. The number of nitrogens with zero attached hydrogens (tertiary/aromatic N) is 3. The van der Waals surface area contributed by atoms with Crippen molar-refractivity contribution in [2.75, 3.05) is 17.6 Å².